The summed E-state index contributed by atoms with van der Waals surface area (Å²) < 4.78 is 0. The van der Waals surface area contributed by atoms with Gasteiger partial charge in [-0.25, -0.2) is 0 Å². The molecule has 1 aliphatic carbocycles. The fraction of sp³-hybridized carbons (Fsp3) is 0.625. The van der Waals surface area contributed by atoms with E-state index < -0.39 is 0 Å². The molecule has 0 aromatic carbocycles. The van der Waals surface area contributed by atoms with Crippen LogP contribution in [0, 0.1) is 11.3 Å². The second-order valence-electron chi connectivity index (χ2n) is 3.28. The van der Waals surface area contributed by atoms with E-state index in [-0.39, 0.29) is 5.41 Å². The first-order valence-corrected chi connectivity index (χ1v) is 3.69. The molecule has 54 valence electrons. The first-order valence-electron chi connectivity index (χ1n) is 3.69. The molecule has 2 rings (SSSR count). The molecule has 0 aromatic heterocycles. The van der Waals surface area contributed by atoms with E-state index >= 15 is 0 Å². The molecule has 0 aromatic rings. The maximum absolute atomic E-state index is 4.73. The van der Waals surface area contributed by atoms with Crippen LogP contribution in [-0.2, 0) is 4.84 Å². The number of oxime groups is 1. The van der Waals surface area contributed by atoms with Gasteiger partial charge < -0.3 is 4.84 Å². The fourth-order valence-electron chi connectivity index (χ4n) is 1.35. The molecule has 1 saturated carbocycles. The Kier molecular flexibility index (Phi) is 1.10. The predicted octanol–water partition coefficient (Wildman–Crippen LogP) is 1.93. The molecule has 1 fully saturated rings. The van der Waals surface area contributed by atoms with Crippen molar-refractivity contribution in [2.75, 3.05) is 0 Å². The van der Waals surface area contributed by atoms with Crippen LogP contribution in [-0.4, -0.2) is 6.21 Å². The van der Waals surface area contributed by atoms with Crippen molar-refractivity contribution >= 4 is 6.21 Å². The van der Waals surface area contributed by atoms with Crippen LogP contribution in [0.1, 0.15) is 19.8 Å². The Morgan fingerprint density at radius 1 is 1.60 bits per heavy atom. The Morgan fingerprint density at radius 3 is 2.90 bits per heavy atom. The van der Waals surface area contributed by atoms with Gasteiger partial charge in [0, 0.05) is 5.41 Å². The van der Waals surface area contributed by atoms with Gasteiger partial charge in [-0.05, 0) is 24.8 Å². The normalized spacial score (nSPS) is 37.7. The van der Waals surface area contributed by atoms with Gasteiger partial charge in [-0.1, -0.05) is 12.1 Å². The summed E-state index contributed by atoms with van der Waals surface area (Å²) >= 11 is 0. The second kappa shape index (κ2) is 1.84. The van der Waals surface area contributed by atoms with Gasteiger partial charge in [0.25, 0.3) is 0 Å². The Hall–Kier alpha value is -0.790. The lowest BCUT2D eigenvalue weighted by Crippen LogP contribution is -2.19. The minimum atomic E-state index is 0.193. The molecule has 10 heavy (non-hydrogen) atoms. The minimum absolute atomic E-state index is 0.193. The number of hydrogen-bond donors (Lipinski definition) is 0. The van der Waals surface area contributed by atoms with Crippen molar-refractivity contribution < 1.29 is 4.84 Å². The summed E-state index contributed by atoms with van der Waals surface area (Å²) in [5, 5.41) is 3.78. The number of nitrogens with zero attached hydrogens (tertiary/aromatic N) is 1. The maximum atomic E-state index is 4.73. The smallest absolute Gasteiger partial charge is 0.119 e. The van der Waals surface area contributed by atoms with E-state index in [1.807, 2.05) is 6.21 Å². The van der Waals surface area contributed by atoms with Crippen LogP contribution in [0.15, 0.2) is 17.5 Å². The summed E-state index contributed by atoms with van der Waals surface area (Å²) in [6, 6.07) is 0. The number of hydrogen-bond acceptors (Lipinski definition) is 2. The van der Waals surface area contributed by atoms with Crippen LogP contribution in [0.2, 0.25) is 0 Å². The third-order valence-corrected chi connectivity index (χ3v) is 2.34. The summed E-state index contributed by atoms with van der Waals surface area (Å²) in [6.07, 6.45) is 8.36. The Labute approximate surface area is 60.6 Å². The van der Waals surface area contributed by atoms with Crippen molar-refractivity contribution in [3.05, 3.63) is 12.3 Å². The van der Waals surface area contributed by atoms with Gasteiger partial charge in [0.1, 0.15) is 6.26 Å². The van der Waals surface area contributed by atoms with Crippen molar-refractivity contribution in [3.8, 4) is 0 Å². The zero-order chi connectivity index (χ0) is 7.03. The van der Waals surface area contributed by atoms with Gasteiger partial charge in [0.15, 0.2) is 0 Å². The fourth-order valence-corrected chi connectivity index (χ4v) is 1.35. The van der Waals surface area contributed by atoms with Crippen molar-refractivity contribution in [3.63, 3.8) is 0 Å². The lowest BCUT2D eigenvalue weighted by atomic mass is 9.86. The largest absolute Gasteiger partial charge is 0.365 e. The van der Waals surface area contributed by atoms with Gasteiger partial charge in [0.05, 0.1) is 6.21 Å². The van der Waals surface area contributed by atoms with E-state index in [4.69, 9.17) is 4.84 Å². The zero-order valence-electron chi connectivity index (χ0n) is 6.08. The van der Waals surface area contributed by atoms with Gasteiger partial charge in [0.2, 0.25) is 0 Å². The van der Waals surface area contributed by atoms with Gasteiger partial charge in [-0.2, -0.15) is 0 Å². The predicted molar refractivity (Wildman–Crippen MR) is 39.5 cm³/mol. The number of rotatable bonds is 1. The average molecular weight is 137 g/mol. The highest BCUT2D eigenvalue weighted by atomic mass is 16.6. The number of allylic oxidation sites excluding steroid dienone is 1. The lowest BCUT2D eigenvalue weighted by molar-refractivity contribution is 0.247. The SMILES string of the molecule is CC1(C2CC2)C=CON=C1. The van der Waals surface area contributed by atoms with Crippen LogP contribution in [0.3, 0.4) is 0 Å². The van der Waals surface area contributed by atoms with Crippen molar-refractivity contribution in [2.24, 2.45) is 16.5 Å². The lowest BCUT2D eigenvalue weighted by Gasteiger charge is -2.21. The third-order valence-electron chi connectivity index (χ3n) is 2.34. The van der Waals surface area contributed by atoms with Crippen LogP contribution in [0.4, 0.5) is 0 Å². The van der Waals surface area contributed by atoms with Crippen molar-refractivity contribution in [1.82, 2.24) is 0 Å². The van der Waals surface area contributed by atoms with Crippen LogP contribution in [0.5, 0.6) is 0 Å². The molecular formula is C8H11NO. The maximum Gasteiger partial charge on any atom is 0.119 e. The molecule has 2 aliphatic rings. The molecule has 1 aliphatic heterocycles. The molecule has 2 heteroatoms. The summed E-state index contributed by atoms with van der Waals surface area (Å²) in [6.45, 7) is 2.20. The van der Waals surface area contributed by atoms with E-state index in [0.717, 1.165) is 5.92 Å². The Bertz CT molecular complexity index is 179. The van der Waals surface area contributed by atoms with Crippen LogP contribution >= 0.6 is 0 Å². The summed E-state index contributed by atoms with van der Waals surface area (Å²) in [5.41, 5.74) is 0.193. The molecule has 0 N–H and O–H groups in total. The highest BCUT2D eigenvalue weighted by Gasteiger charge is 2.39. The monoisotopic (exact) mass is 137 g/mol. The topological polar surface area (TPSA) is 21.6 Å². The second-order valence-corrected chi connectivity index (χ2v) is 3.28. The van der Waals surface area contributed by atoms with E-state index in [9.17, 15) is 0 Å². The van der Waals surface area contributed by atoms with E-state index in [2.05, 4.69) is 18.2 Å². The van der Waals surface area contributed by atoms with E-state index in [1.165, 1.54) is 12.8 Å². The molecule has 0 spiro atoms. The van der Waals surface area contributed by atoms with Crippen LogP contribution < -0.4 is 0 Å². The third kappa shape index (κ3) is 0.838. The minimum Gasteiger partial charge on any atom is -0.365 e. The Morgan fingerprint density at radius 2 is 2.40 bits per heavy atom. The molecular weight excluding hydrogens is 126 g/mol. The van der Waals surface area contributed by atoms with Crippen molar-refractivity contribution in [2.45, 2.75) is 19.8 Å². The summed E-state index contributed by atoms with van der Waals surface area (Å²) in [4.78, 5) is 4.73. The molecule has 1 atom stereocenters. The van der Waals surface area contributed by atoms with Gasteiger partial charge >= 0.3 is 0 Å². The van der Waals surface area contributed by atoms with Crippen molar-refractivity contribution in [1.29, 1.82) is 0 Å². The summed E-state index contributed by atoms with van der Waals surface area (Å²) in [5.74, 6) is 0.816. The first kappa shape index (κ1) is 5.96. The van der Waals surface area contributed by atoms with Gasteiger partial charge in [-0.3, -0.25) is 0 Å². The molecule has 0 radical (unpaired) electrons. The standard InChI is InChI=1S/C8H11NO/c1-8(7-2-3-7)4-5-10-9-6-8/h4-7H,2-3H2,1H3. The molecule has 0 bridgehead atoms. The highest BCUT2D eigenvalue weighted by molar-refractivity contribution is 5.69. The van der Waals surface area contributed by atoms with Crippen LogP contribution in [0.25, 0.3) is 0 Å². The zero-order valence-corrected chi connectivity index (χ0v) is 6.08. The van der Waals surface area contributed by atoms with E-state index in [1.54, 1.807) is 6.26 Å². The molecule has 0 saturated heterocycles. The van der Waals surface area contributed by atoms with Gasteiger partial charge in [-0.15, -0.1) is 0 Å². The van der Waals surface area contributed by atoms with E-state index in [0.29, 0.717) is 0 Å². The highest BCUT2D eigenvalue weighted by Crippen LogP contribution is 2.45. The first-order chi connectivity index (χ1) is 4.81. The molecule has 1 unspecified atom stereocenters. The average Bonchev–Trinajstić information content (AvgIpc) is 2.69. The Balaban J connectivity index is 2.17. The molecule has 1 heterocycles. The summed E-state index contributed by atoms with van der Waals surface area (Å²) in [7, 11) is 0. The quantitative estimate of drug-likeness (QED) is 0.541. The molecule has 2 nitrogen and oxygen atoms in total. The molecule has 0 amide bonds.